The van der Waals surface area contributed by atoms with Gasteiger partial charge in [0.15, 0.2) is 0 Å². The normalized spacial score (nSPS) is 14.3. The van der Waals surface area contributed by atoms with Crippen molar-refractivity contribution in [3.63, 3.8) is 0 Å². The zero-order chi connectivity index (χ0) is 26.3. The van der Waals surface area contributed by atoms with Gasteiger partial charge in [0.1, 0.15) is 37.1 Å². The standard InChI is InChI=1S/C31H27NO5S/c1-22-9-13-25(14-10-22)35-19-20-36-26-15-11-23(12-16-26)21-29-30(33)32(31(34)38-29)17-18-37-28-8-4-6-24-5-2-3-7-27(24)28/h2-16,21H,17-20H2,1H3/b29-21-. The van der Waals surface area contributed by atoms with Crippen molar-refractivity contribution in [2.45, 2.75) is 6.92 Å². The molecule has 1 saturated heterocycles. The molecule has 7 heteroatoms. The lowest BCUT2D eigenvalue weighted by Crippen LogP contribution is -2.32. The minimum atomic E-state index is -0.310. The number of rotatable bonds is 10. The van der Waals surface area contributed by atoms with Gasteiger partial charge in [0.25, 0.3) is 11.1 Å². The molecule has 0 bridgehead atoms. The van der Waals surface area contributed by atoms with Crippen LogP contribution in [0, 0.1) is 6.92 Å². The lowest BCUT2D eigenvalue weighted by Gasteiger charge is -2.14. The van der Waals surface area contributed by atoms with Crippen molar-refractivity contribution in [2.24, 2.45) is 0 Å². The quantitative estimate of drug-likeness (QED) is 0.169. The van der Waals surface area contributed by atoms with Crippen LogP contribution in [0.4, 0.5) is 4.79 Å². The number of carbonyl (C=O) groups is 2. The van der Waals surface area contributed by atoms with Crippen LogP contribution >= 0.6 is 11.8 Å². The Morgan fingerprint density at radius 3 is 2.13 bits per heavy atom. The molecule has 0 N–H and O–H groups in total. The van der Waals surface area contributed by atoms with Gasteiger partial charge in [-0.15, -0.1) is 0 Å². The highest BCUT2D eigenvalue weighted by molar-refractivity contribution is 8.18. The van der Waals surface area contributed by atoms with E-state index in [1.807, 2.05) is 97.9 Å². The van der Waals surface area contributed by atoms with Crippen molar-refractivity contribution < 1.29 is 23.8 Å². The second-order valence-electron chi connectivity index (χ2n) is 8.74. The Labute approximate surface area is 225 Å². The first-order valence-electron chi connectivity index (χ1n) is 12.3. The van der Waals surface area contributed by atoms with Gasteiger partial charge in [-0.1, -0.05) is 66.2 Å². The average molecular weight is 526 g/mol. The molecule has 192 valence electrons. The molecular weight excluding hydrogens is 498 g/mol. The molecule has 1 fully saturated rings. The zero-order valence-corrected chi connectivity index (χ0v) is 21.8. The van der Waals surface area contributed by atoms with Gasteiger partial charge in [0.2, 0.25) is 0 Å². The van der Waals surface area contributed by atoms with E-state index in [2.05, 4.69) is 0 Å². The van der Waals surface area contributed by atoms with Crippen LogP contribution in [0.1, 0.15) is 11.1 Å². The van der Waals surface area contributed by atoms with Crippen LogP contribution in [-0.4, -0.2) is 42.4 Å². The van der Waals surface area contributed by atoms with Crippen molar-refractivity contribution in [3.8, 4) is 17.2 Å². The SMILES string of the molecule is Cc1ccc(OCCOc2ccc(/C=C3\SC(=O)N(CCOc4cccc5ccccc45)C3=O)cc2)cc1. The number of aryl methyl sites for hydroxylation is 1. The van der Waals surface area contributed by atoms with E-state index < -0.39 is 0 Å². The van der Waals surface area contributed by atoms with Gasteiger partial charge in [-0.05, 0) is 66.0 Å². The summed E-state index contributed by atoms with van der Waals surface area (Å²) in [7, 11) is 0. The van der Waals surface area contributed by atoms with E-state index in [-0.39, 0.29) is 24.3 Å². The Morgan fingerprint density at radius 2 is 1.39 bits per heavy atom. The van der Waals surface area contributed by atoms with Crippen LogP contribution in [0.25, 0.3) is 16.8 Å². The molecule has 2 amide bonds. The third-order valence-electron chi connectivity index (χ3n) is 6.02. The number of fused-ring (bicyclic) bond motifs is 1. The van der Waals surface area contributed by atoms with E-state index >= 15 is 0 Å². The number of benzene rings is 4. The molecule has 0 atom stereocenters. The fourth-order valence-electron chi connectivity index (χ4n) is 4.03. The molecule has 5 rings (SSSR count). The number of thioether (sulfide) groups is 1. The number of carbonyl (C=O) groups excluding carboxylic acids is 2. The van der Waals surface area contributed by atoms with Gasteiger partial charge in [-0.25, -0.2) is 0 Å². The van der Waals surface area contributed by atoms with Crippen LogP contribution in [0.5, 0.6) is 17.2 Å². The van der Waals surface area contributed by atoms with Crippen molar-refractivity contribution in [3.05, 3.63) is 107 Å². The summed E-state index contributed by atoms with van der Waals surface area (Å²) in [6.07, 6.45) is 1.72. The van der Waals surface area contributed by atoms with Crippen molar-refractivity contribution >= 4 is 39.8 Å². The summed E-state index contributed by atoms with van der Waals surface area (Å²) in [5, 5.41) is 1.78. The smallest absolute Gasteiger partial charge is 0.293 e. The van der Waals surface area contributed by atoms with Crippen LogP contribution in [0.2, 0.25) is 0 Å². The van der Waals surface area contributed by atoms with Gasteiger partial charge < -0.3 is 14.2 Å². The number of imide groups is 1. The molecule has 0 unspecified atom stereocenters. The van der Waals surface area contributed by atoms with E-state index in [0.717, 1.165) is 39.6 Å². The second-order valence-corrected chi connectivity index (χ2v) is 9.73. The summed E-state index contributed by atoms with van der Waals surface area (Å²) < 4.78 is 17.3. The maximum Gasteiger partial charge on any atom is 0.293 e. The Kier molecular flexibility index (Phi) is 7.95. The summed E-state index contributed by atoms with van der Waals surface area (Å²) in [6.45, 7) is 3.28. The van der Waals surface area contributed by atoms with Crippen LogP contribution in [-0.2, 0) is 4.79 Å². The van der Waals surface area contributed by atoms with E-state index in [4.69, 9.17) is 14.2 Å². The van der Waals surface area contributed by atoms with E-state index in [9.17, 15) is 9.59 Å². The molecule has 0 spiro atoms. The predicted octanol–water partition coefficient (Wildman–Crippen LogP) is 6.72. The summed E-state index contributed by atoms with van der Waals surface area (Å²) in [4.78, 5) is 27.0. The van der Waals surface area contributed by atoms with E-state index in [1.54, 1.807) is 6.08 Å². The largest absolute Gasteiger partial charge is 0.491 e. The average Bonchev–Trinajstić information content (AvgIpc) is 3.20. The molecule has 1 heterocycles. The highest BCUT2D eigenvalue weighted by Crippen LogP contribution is 2.32. The summed E-state index contributed by atoms with van der Waals surface area (Å²) in [5.74, 6) is 1.93. The van der Waals surface area contributed by atoms with Crippen LogP contribution in [0.3, 0.4) is 0 Å². The molecule has 6 nitrogen and oxygen atoms in total. The Bertz CT molecular complexity index is 1460. The fourth-order valence-corrected chi connectivity index (χ4v) is 4.89. The monoisotopic (exact) mass is 525 g/mol. The number of hydrogen-bond donors (Lipinski definition) is 0. The fraction of sp³-hybridized carbons (Fsp3) is 0.161. The molecule has 0 aromatic heterocycles. The summed E-state index contributed by atoms with van der Waals surface area (Å²) >= 11 is 0.940. The Balaban J connectivity index is 1.11. The molecule has 4 aromatic carbocycles. The second kappa shape index (κ2) is 11.9. The minimum absolute atomic E-state index is 0.183. The number of amides is 2. The van der Waals surface area contributed by atoms with Crippen LogP contribution in [0.15, 0.2) is 95.9 Å². The Morgan fingerprint density at radius 1 is 0.737 bits per heavy atom. The van der Waals surface area contributed by atoms with Gasteiger partial charge in [-0.3, -0.25) is 14.5 Å². The maximum atomic E-state index is 12.9. The first-order chi connectivity index (χ1) is 18.6. The highest BCUT2D eigenvalue weighted by Gasteiger charge is 2.34. The molecule has 0 saturated carbocycles. The number of ether oxygens (including phenoxy) is 3. The molecule has 0 radical (unpaired) electrons. The minimum Gasteiger partial charge on any atom is -0.491 e. The number of nitrogens with zero attached hydrogens (tertiary/aromatic N) is 1. The summed E-state index contributed by atoms with van der Waals surface area (Å²) in [5.41, 5.74) is 2.00. The lowest BCUT2D eigenvalue weighted by molar-refractivity contribution is -0.123. The molecule has 1 aliphatic rings. The molecule has 1 aliphatic heterocycles. The van der Waals surface area contributed by atoms with E-state index in [0.29, 0.717) is 23.9 Å². The highest BCUT2D eigenvalue weighted by atomic mass is 32.2. The van der Waals surface area contributed by atoms with Gasteiger partial charge in [-0.2, -0.15) is 0 Å². The molecule has 38 heavy (non-hydrogen) atoms. The third-order valence-corrected chi connectivity index (χ3v) is 6.92. The van der Waals surface area contributed by atoms with Crippen molar-refractivity contribution in [2.75, 3.05) is 26.4 Å². The molecule has 0 aliphatic carbocycles. The Hall–Kier alpha value is -4.23. The van der Waals surface area contributed by atoms with Crippen LogP contribution < -0.4 is 14.2 Å². The number of hydrogen-bond acceptors (Lipinski definition) is 6. The first-order valence-corrected chi connectivity index (χ1v) is 13.2. The van der Waals surface area contributed by atoms with Gasteiger partial charge >= 0.3 is 0 Å². The molecular formula is C31H27NO5S. The van der Waals surface area contributed by atoms with Crippen molar-refractivity contribution in [1.82, 2.24) is 4.90 Å². The van der Waals surface area contributed by atoms with Crippen molar-refractivity contribution in [1.29, 1.82) is 0 Å². The predicted molar refractivity (Wildman–Crippen MR) is 151 cm³/mol. The lowest BCUT2D eigenvalue weighted by atomic mass is 10.1. The summed E-state index contributed by atoms with van der Waals surface area (Å²) in [6, 6.07) is 29.0. The topological polar surface area (TPSA) is 65.1 Å². The van der Waals surface area contributed by atoms with Gasteiger partial charge in [0.05, 0.1) is 11.4 Å². The maximum absolute atomic E-state index is 12.9. The molecule has 4 aromatic rings. The van der Waals surface area contributed by atoms with Gasteiger partial charge in [0, 0.05) is 5.39 Å². The third kappa shape index (κ3) is 6.18. The first kappa shape index (κ1) is 25.4. The van der Waals surface area contributed by atoms with E-state index in [1.165, 1.54) is 10.5 Å². The zero-order valence-electron chi connectivity index (χ0n) is 21.0.